The summed E-state index contributed by atoms with van der Waals surface area (Å²) in [5, 5.41) is 3.76. The first-order valence-corrected chi connectivity index (χ1v) is 10.2. The number of nitrogens with zero attached hydrogens (tertiary/aromatic N) is 4. The number of aryl methyl sites for hydroxylation is 1. The maximum atomic E-state index is 13.4. The van der Waals surface area contributed by atoms with E-state index in [0.717, 1.165) is 11.3 Å². The summed E-state index contributed by atoms with van der Waals surface area (Å²) in [5.41, 5.74) is 0.220. The van der Waals surface area contributed by atoms with Crippen LogP contribution in [0.25, 0.3) is 0 Å². The molecule has 2 bridgehead atoms. The summed E-state index contributed by atoms with van der Waals surface area (Å²) in [4.78, 5) is 34.2. The summed E-state index contributed by atoms with van der Waals surface area (Å²) >= 11 is 0. The number of methoxy groups -OCH3 is 1. The lowest BCUT2D eigenvalue weighted by Gasteiger charge is -2.27. The topological polar surface area (TPSA) is 98.0 Å². The van der Waals surface area contributed by atoms with E-state index >= 15 is 0 Å². The Morgan fingerprint density at radius 3 is 3.00 bits per heavy atom. The fraction of sp³-hybridized carbons (Fsp3) is 0.455. The second kappa shape index (κ2) is 7.19. The highest BCUT2D eigenvalue weighted by Crippen LogP contribution is 2.52. The SMILES string of the molecule is COc1cccc(CN2C[C@]34C=C[C@H](O3)[C@H](C(=O)N(C)Cc3nc(C)no3)[C@@H]4C2=O)c1. The first kappa shape index (κ1) is 19.7. The second-order valence-corrected chi connectivity index (χ2v) is 8.38. The van der Waals surface area contributed by atoms with Crippen LogP contribution in [0.4, 0.5) is 0 Å². The van der Waals surface area contributed by atoms with Crippen LogP contribution < -0.4 is 4.74 Å². The van der Waals surface area contributed by atoms with Gasteiger partial charge in [-0.1, -0.05) is 29.4 Å². The van der Waals surface area contributed by atoms with Gasteiger partial charge in [-0.15, -0.1) is 0 Å². The fourth-order valence-corrected chi connectivity index (χ4v) is 4.92. The Morgan fingerprint density at radius 1 is 1.42 bits per heavy atom. The summed E-state index contributed by atoms with van der Waals surface area (Å²) in [6.45, 7) is 2.78. The number of fused-ring (bicyclic) bond motifs is 1. The molecule has 2 aromatic rings. The van der Waals surface area contributed by atoms with Crippen molar-refractivity contribution < 1.29 is 23.6 Å². The first-order valence-electron chi connectivity index (χ1n) is 10.2. The summed E-state index contributed by atoms with van der Waals surface area (Å²) in [5.74, 6) is 0.295. The van der Waals surface area contributed by atoms with Crippen LogP contribution in [0.2, 0.25) is 0 Å². The number of ether oxygens (including phenoxy) is 2. The number of amides is 2. The molecule has 0 unspecified atom stereocenters. The lowest BCUT2D eigenvalue weighted by Crippen LogP contribution is -2.44. The number of carbonyl (C=O) groups excluding carboxylic acids is 2. The van der Waals surface area contributed by atoms with Crippen molar-refractivity contribution in [1.29, 1.82) is 0 Å². The number of hydrogen-bond acceptors (Lipinski definition) is 7. The zero-order valence-electron chi connectivity index (χ0n) is 17.6. The molecule has 162 valence electrons. The van der Waals surface area contributed by atoms with Crippen LogP contribution in [-0.2, 0) is 27.4 Å². The van der Waals surface area contributed by atoms with E-state index < -0.39 is 23.5 Å². The predicted molar refractivity (Wildman–Crippen MR) is 108 cm³/mol. The molecule has 9 heteroatoms. The van der Waals surface area contributed by atoms with Crippen LogP contribution in [0.1, 0.15) is 17.3 Å². The molecule has 4 heterocycles. The quantitative estimate of drug-likeness (QED) is 0.645. The third kappa shape index (κ3) is 3.20. The Labute approximate surface area is 179 Å². The van der Waals surface area contributed by atoms with Crippen molar-refractivity contribution in [3.63, 3.8) is 0 Å². The highest BCUT2D eigenvalue weighted by Gasteiger charge is 2.67. The second-order valence-electron chi connectivity index (χ2n) is 8.38. The number of aromatic nitrogens is 2. The molecule has 2 saturated heterocycles. The van der Waals surface area contributed by atoms with Crippen molar-refractivity contribution >= 4 is 11.8 Å². The van der Waals surface area contributed by atoms with Gasteiger partial charge in [0.2, 0.25) is 17.7 Å². The van der Waals surface area contributed by atoms with Crippen molar-refractivity contribution in [1.82, 2.24) is 19.9 Å². The lowest BCUT2D eigenvalue weighted by molar-refractivity contribution is -0.143. The van der Waals surface area contributed by atoms with Crippen LogP contribution >= 0.6 is 0 Å². The Kier molecular flexibility index (Phi) is 4.58. The van der Waals surface area contributed by atoms with E-state index in [2.05, 4.69) is 10.1 Å². The maximum Gasteiger partial charge on any atom is 0.246 e. The van der Waals surface area contributed by atoms with Crippen LogP contribution in [0, 0.1) is 18.8 Å². The molecule has 31 heavy (non-hydrogen) atoms. The average Bonchev–Trinajstić information content (AvgIpc) is 3.50. The molecule has 1 aromatic heterocycles. The maximum absolute atomic E-state index is 13.4. The van der Waals surface area contributed by atoms with Gasteiger partial charge in [0, 0.05) is 13.6 Å². The standard InChI is InChI=1S/C22H24N4O5/c1-13-23-17(31-24-13)11-25(2)20(27)18-16-7-8-22(30-16)12-26(21(28)19(18)22)10-14-5-4-6-15(9-14)29-3/h4-9,16,18-19H,10-12H2,1-3H3/t16-,18-,19+,22-/m0/s1. The Hall–Kier alpha value is -3.20. The predicted octanol–water partition coefficient (Wildman–Crippen LogP) is 1.33. The molecule has 2 fully saturated rings. The van der Waals surface area contributed by atoms with E-state index in [9.17, 15) is 9.59 Å². The van der Waals surface area contributed by atoms with Gasteiger partial charge in [-0.2, -0.15) is 4.98 Å². The minimum atomic E-state index is -0.747. The van der Waals surface area contributed by atoms with E-state index in [4.69, 9.17) is 14.0 Å². The van der Waals surface area contributed by atoms with Gasteiger partial charge in [-0.25, -0.2) is 0 Å². The zero-order chi connectivity index (χ0) is 21.8. The van der Waals surface area contributed by atoms with E-state index in [0.29, 0.717) is 24.8 Å². The molecule has 0 N–H and O–H groups in total. The summed E-state index contributed by atoms with van der Waals surface area (Å²) in [7, 11) is 3.29. The van der Waals surface area contributed by atoms with Crippen molar-refractivity contribution in [3.05, 3.63) is 53.7 Å². The number of benzene rings is 1. The monoisotopic (exact) mass is 424 g/mol. The fourth-order valence-electron chi connectivity index (χ4n) is 4.92. The van der Waals surface area contributed by atoms with E-state index in [-0.39, 0.29) is 18.4 Å². The van der Waals surface area contributed by atoms with Crippen LogP contribution in [-0.4, -0.2) is 64.2 Å². The number of hydrogen-bond donors (Lipinski definition) is 0. The van der Waals surface area contributed by atoms with E-state index in [1.54, 1.807) is 26.0 Å². The normalized spacial score (nSPS) is 28.3. The minimum absolute atomic E-state index is 0.0601. The molecule has 3 aliphatic heterocycles. The van der Waals surface area contributed by atoms with Gasteiger partial charge in [0.25, 0.3) is 0 Å². The van der Waals surface area contributed by atoms with Gasteiger partial charge in [0.1, 0.15) is 11.4 Å². The molecule has 5 rings (SSSR count). The summed E-state index contributed by atoms with van der Waals surface area (Å²) in [6.07, 6.45) is 3.47. The molecule has 9 nitrogen and oxygen atoms in total. The van der Waals surface area contributed by atoms with Gasteiger partial charge >= 0.3 is 0 Å². The first-order chi connectivity index (χ1) is 14.9. The molecule has 2 amide bonds. The van der Waals surface area contributed by atoms with Crippen molar-refractivity contribution in [2.75, 3.05) is 20.7 Å². The molecule has 0 radical (unpaired) electrons. The molecule has 0 saturated carbocycles. The van der Waals surface area contributed by atoms with Crippen LogP contribution in [0.3, 0.4) is 0 Å². The molecule has 1 spiro atoms. The summed E-state index contributed by atoms with van der Waals surface area (Å²) in [6, 6.07) is 7.64. The highest BCUT2D eigenvalue weighted by atomic mass is 16.5. The number of likely N-dealkylation sites (tertiary alicyclic amines) is 1. The molecule has 1 aromatic carbocycles. The highest BCUT2D eigenvalue weighted by molar-refractivity contribution is 5.93. The van der Waals surface area contributed by atoms with Crippen LogP contribution in [0.5, 0.6) is 5.75 Å². The largest absolute Gasteiger partial charge is 0.497 e. The Morgan fingerprint density at radius 2 is 2.26 bits per heavy atom. The van der Waals surface area contributed by atoms with Gasteiger partial charge in [-0.05, 0) is 24.6 Å². The Balaban J connectivity index is 1.35. The van der Waals surface area contributed by atoms with E-state index in [1.807, 2.05) is 36.4 Å². The van der Waals surface area contributed by atoms with Gasteiger partial charge in [0.05, 0.1) is 38.1 Å². The van der Waals surface area contributed by atoms with Crippen molar-refractivity contribution in [3.8, 4) is 5.75 Å². The van der Waals surface area contributed by atoms with E-state index in [1.165, 1.54) is 4.90 Å². The number of rotatable bonds is 6. The molecular formula is C22H24N4O5. The minimum Gasteiger partial charge on any atom is -0.497 e. The lowest BCUT2D eigenvalue weighted by atomic mass is 9.76. The Bertz CT molecular complexity index is 1070. The molecular weight excluding hydrogens is 400 g/mol. The molecule has 4 atom stereocenters. The van der Waals surface area contributed by atoms with Crippen molar-refractivity contribution in [2.45, 2.75) is 31.7 Å². The van der Waals surface area contributed by atoms with Gasteiger partial charge < -0.3 is 23.8 Å². The van der Waals surface area contributed by atoms with Crippen molar-refractivity contribution in [2.24, 2.45) is 11.8 Å². The summed E-state index contributed by atoms with van der Waals surface area (Å²) < 4.78 is 16.6. The third-order valence-corrected chi connectivity index (χ3v) is 6.29. The molecule has 3 aliphatic rings. The van der Waals surface area contributed by atoms with Gasteiger partial charge in [0.15, 0.2) is 5.82 Å². The molecule has 0 aliphatic carbocycles. The third-order valence-electron chi connectivity index (χ3n) is 6.29. The number of carbonyl (C=O) groups is 2. The average molecular weight is 424 g/mol. The zero-order valence-corrected chi connectivity index (χ0v) is 17.6. The smallest absolute Gasteiger partial charge is 0.246 e. The van der Waals surface area contributed by atoms with Crippen LogP contribution in [0.15, 0.2) is 40.9 Å². The van der Waals surface area contributed by atoms with Gasteiger partial charge in [-0.3, -0.25) is 9.59 Å².